The third kappa shape index (κ3) is 2.08. The van der Waals surface area contributed by atoms with Crippen LogP contribution >= 0.6 is 0 Å². The smallest absolute Gasteiger partial charge is 0.338 e. The number of ether oxygens (including phenoxy) is 2. The number of hydrogen-bond acceptors (Lipinski definition) is 4. The zero-order valence-corrected chi connectivity index (χ0v) is 9.23. The van der Waals surface area contributed by atoms with Crippen LogP contribution < -0.4 is 5.73 Å². The van der Waals surface area contributed by atoms with Crippen molar-refractivity contribution >= 4 is 5.97 Å². The first kappa shape index (κ1) is 11.1. The second kappa shape index (κ2) is 4.63. The van der Waals surface area contributed by atoms with E-state index in [-0.39, 0.29) is 12.0 Å². The molecule has 0 saturated carbocycles. The van der Waals surface area contributed by atoms with E-state index in [0.29, 0.717) is 25.4 Å². The van der Waals surface area contributed by atoms with Crippen LogP contribution in [0.4, 0.5) is 0 Å². The molecule has 86 valence electrons. The Morgan fingerprint density at radius 2 is 2.44 bits per heavy atom. The van der Waals surface area contributed by atoms with E-state index < -0.39 is 0 Å². The maximum atomic E-state index is 11.5. The molecule has 1 aromatic carbocycles. The molecule has 0 aliphatic carbocycles. The van der Waals surface area contributed by atoms with Gasteiger partial charge in [0.1, 0.15) is 0 Å². The van der Waals surface area contributed by atoms with Crippen molar-refractivity contribution in [1.82, 2.24) is 0 Å². The lowest BCUT2D eigenvalue weighted by Gasteiger charge is -2.22. The minimum atomic E-state index is -0.301. The molecule has 0 aromatic heterocycles. The Kier molecular flexibility index (Phi) is 3.22. The van der Waals surface area contributed by atoms with Crippen molar-refractivity contribution in [2.45, 2.75) is 19.6 Å². The minimum Gasteiger partial charge on any atom is -0.462 e. The molecule has 0 fully saturated rings. The SMILES string of the molecule is CCOC(=O)c1ccc2c(c1)COC[C@@H]2N. The normalized spacial score (nSPS) is 19.0. The van der Waals surface area contributed by atoms with Crippen LogP contribution in [-0.4, -0.2) is 19.2 Å². The zero-order chi connectivity index (χ0) is 11.5. The molecule has 1 aromatic rings. The van der Waals surface area contributed by atoms with Crippen LogP contribution in [0.5, 0.6) is 0 Å². The highest BCUT2D eigenvalue weighted by atomic mass is 16.5. The Morgan fingerprint density at radius 3 is 3.19 bits per heavy atom. The molecule has 0 unspecified atom stereocenters. The Bertz CT molecular complexity index is 403. The van der Waals surface area contributed by atoms with Gasteiger partial charge < -0.3 is 15.2 Å². The van der Waals surface area contributed by atoms with Crippen molar-refractivity contribution in [3.63, 3.8) is 0 Å². The molecule has 1 aliphatic rings. The van der Waals surface area contributed by atoms with Gasteiger partial charge in [-0.1, -0.05) is 6.07 Å². The monoisotopic (exact) mass is 221 g/mol. The van der Waals surface area contributed by atoms with Crippen LogP contribution in [0, 0.1) is 0 Å². The van der Waals surface area contributed by atoms with Crippen LogP contribution in [0.25, 0.3) is 0 Å². The molecule has 0 bridgehead atoms. The van der Waals surface area contributed by atoms with Gasteiger partial charge in [0.15, 0.2) is 0 Å². The van der Waals surface area contributed by atoms with Crippen LogP contribution in [0.15, 0.2) is 18.2 Å². The number of rotatable bonds is 2. The molecule has 2 N–H and O–H groups in total. The van der Waals surface area contributed by atoms with Gasteiger partial charge in [-0.25, -0.2) is 4.79 Å². The van der Waals surface area contributed by atoms with Crippen molar-refractivity contribution in [3.8, 4) is 0 Å². The summed E-state index contributed by atoms with van der Waals surface area (Å²) < 4.78 is 10.3. The minimum absolute atomic E-state index is 0.0972. The summed E-state index contributed by atoms with van der Waals surface area (Å²) in [6, 6.07) is 5.34. The molecular weight excluding hydrogens is 206 g/mol. The second-order valence-corrected chi connectivity index (χ2v) is 3.76. The first-order valence-corrected chi connectivity index (χ1v) is 5.35. The summed E-state index contributed by atoms with van der Waals surface area (Å²) in [6.07, 6.45) is 0. The molecular formula is C12H15NO3. The number of nitrogens with two attached hydrogens (primary N) is 1. The molecule has 16 heavy (non-hydrogen) atoms. The summed E-state index contributed by atoms with van der Waals surface area (Å²) in [4.78, 5) is 11.5. The summed E-state index contributed by atoms with van der Waals surface area (Å²) in [5.41, 5.74) is 8.48. The van der Waals surface area contributed by atoms with Gasteiger partial charge in [0, 0.05) is 0 Å². The molecule has 1 heterocycles. The van der Waals surface area contributed by atoms with Gasteiger partial charge in [-0.15, -0.1) is 0 Å². The van der Waals surface area contributed by atoms with Crippen molar-refractivity contribution < 1.29 is 14.3 Å². The van der Waals surface area contributed by atoms with Gasteiger partial charge in [-0.2, -0.15) is 0 Å². The van der Waals surface area contributed by atoms with E-state index >= 15 is 0 Å². The highest BCUT2D eigenvalue weighted by molar-refractivity contribution is 5.89. The van der Waals surface area contributed by atoms with Crippen molar-refractivity contribution in [1.29, 1.82) is 0 Å². The lowest BCUT2D eigenvalue weighted by atomic mass is 9.97. The van der Waals surface area contributed by atoms with E-state index in [2.05, 4.69) is 0 Å². The predicted octanol–water partition coefficient (Wildman–Crippen LogP) is 1.39. The first-order valence-electron chi connectivity index (χ1n) is 5.35. The lowest BCUT2D eigenvalue weighted by Crippen LogP contribution is -2.23. The first-order chi connectivity index (χ1) is 7.72. The quantitative estimate of drug-likeness (QED) is 0.767. The fourth-order valence-electron chi connectivity index (χ4n) is 1.82. The summed E-state index contributed by atoms with van der Waals surface area (Å²) in [5.74, 6) is -0.301. The fraction of sp³-hybridized carbons (Fsp3) is 0.417. The van der Waals surface area contributed by atoms with Crippen LogP contribution in [0.2, 0.25) is 0 Å². The van der Waals surface area contributed by atoms with E-state index in [9.17, 15) is 4.79 Å². The summed E-state index contributed by atoms with van der Waals surface area (Å²) in [5, 5.41) is 0. The molecule has 0 amide bonds. The van der Waals surface area contributed by atoms with Crippen LogP contribution in [-0.2, 0) is 16.1 Å². The molecule has 1 aliphatic heterocycles. The van der Waals surface area contributed by atoms with Crippen molar-refractivity contribution in [2.75, 3.05) is 13.2 Å². The number of benzene rings is 1. The van der Waals surface area contributed by atoms with E-state index in [1.807, 2.05) is 6.07 Å². The molecule has 4 heteroatoms. The van der Waals surface area contributed by atoms with Gasteiger partial charge >= 0.3 is 5.97 Å². The molecule has 0 saturated heterocycles. The second-order valence-electron chi connectivity index (χ2n) is 3.76. The van der Waals surface area contributed by atoms with Gasteiger partial charge in [-0.05, 0) is 30.2 Å². The Morgan fingerprint density at radius 1 is 1.62 bits per heavy atom. The number of esters is 1. The average Bonchev–Trinajstić information content (AvgIpc) is 2.29. The van der Waals surface area contributed by atoms with Gasteiger partial charge in [-0.3, -0.25) is 0 Å². The van der Waals surface area contributed by atoms with Crippen molar-refractivity contribution in [3.05, 3.63) is 34.9 Å². The van der Waals surface area contributed by atoms with Crippen LogP contribution in [0.1, 0.15) is 34.5 Å². The topological polar surface area (TPSA) is 61.5 Å². The summed E-state index contributed by atoms with van der Waals surface area (Å²) in [7, 11) is 0. The summed E-state index contributed by atoms with van der Waals surface area (Å²) >= 11 is 0. The fourth-order valence-corrected chi connectivity index (χ4v) is 1.82. The van der Waals surface area contributed by atoms with Gasteiger partial charge in [0.25, 0.3) is 0 Å². The largest absolute Gasteiger partial charge is 0.462 e. The highest BCUT2D eigenvalue weighted by Gasteiger charge is 2.18. The lowest BCUT2D eigenvalue weighted by molar-refractivity contribution is 0.0525. The Hall–Kier alpha value is -1.39. The molecule has 0 spiro atoms. The molecule has 4 nitrogen and oxygen atoms in total. The maximum Gasteiger partial charge on any atom is 0.338 e. The van der Waals surface area contributed by atoms with Crippen molar-refractivity contribution in [2.24, 2.45) is 5.73 Å². The van der Waals surface area contributed by atoms with E-state index in [4.69, 9.17) is 15.2 Å². The Labute approximate surface area is 94.3 Å². The van der Waals surface area contributed by atoms with E-state index in [1.54, 1.807) is 19.1 Å². The average molecular weight is 221 g/mol. The zero-order valence-electron chi connectivity index (χ0n) is 9.23. The number of carbonyl (C=O) groups excluding carboxylic acids is 1. The standard InChI is InChI=1S/C12H15NO3/c1-2-16-12(14)8-3-4-10-9(5-8)6-15-7-11(10)13/h3-5,11H,2,6-7,13H2,1H3/t11-/m0/s1. The highest BCUT2D eigenvalue weighted by Crippen LogP contribution is 2.24. The van der Waals surface area contributed by atoms with Crippen LogP contribution in [0.3, 0.4) is 0 Å². The van der Waals surface area contributed by atoms with Gasteiger partial charge in [0.2, 0.25) is 0 Å². The maximum absolute atomic E-state index is 11.5. The molecule has 0 radical (unpaired) electrons. The number of carbonyl (C=O) groups is 1. The predicted molar refractivity (Wildman–Crippen MR) is 59.0 cm³/mol. The third-order valence-corrected chi connectivity index (χ3v) is 2.61. The summed E-state index contributed by atoms with van der Waals surface area (Å²) in [6.45, 7) is 3.21. The van der Waals surface area contributed by atoms with E-state index in [0.717, 1.165) is 11.1 Å². The van der Waals surface area contributed by atoms with Gasteiger partial charge in [0.05, 0.1) is 31.4 Å². The Balaban J connectivity index is 2.28. The number of fused-ring (bicyclic) bond motifs is 1. The molecule has 1 atom stereocenters. The number of hydrogen-bond donors (Lipinski definition) is 1. The third-order valence-electron chi connectivity index (χ3n) is 2.61. The van der Waals surface area contributed by atoms with E-state index in [1.165, 1.54) is 0 Å². The molecule has 2 rings (SSSR count).